The van der Waals surface area contributed by atoms with Crippen LogP contribution in [0.5, 0.6) is 5.75 Å². The lowest BCUT2D eigenvalue weighted by Crippen LogP contribution is -2.28. The second-order valence-corrected chi connectivity index (χ2v) is 8.54. The zero-order valence-corrected chi connectivity index (χ0v) is 16.5. The molecule has 1 aliphatic rings. The van der Waals surface area contributed by atoms with Crippen LogP contribution in [0.15, 0.2) is 47.4 Å². The maximum Gasteiger partial charge on any atom is 0.262 e. The van der Waals surface area contributed by atoms with Crippen LogP contribution in [0.25, 0.3) is 0 Å². The molecule has 1 amide bonds. The predicted octanol–water partition coefficient (Wildman–Crippen LogP) is 3.01. The Hall–Kier alpha value is -2.60. The highest BCUT2D eigenvalue weighted by Gasteiger charge is 2.27. The van der Waals surface area contributed by atoms with Crippen molar-refractivity contribution in [3.05, 3.63) is 53.1 Å². The van der Waals surface area contributed by atoms with Crippen molar-refractivity contribution in [3.63, 3.8) is 0 Å². The van der Waals surface area contributed by atoms with Gasteiger partial charge < -0.3 is 10.1 Å². The van der Waals surface area contributed by atoms with E-state index in [-0.39, 0.29) is 28.0 Å². The molecule has 0 unspecified atom stereocenters. The Morgan fingerprint density at radius 3 is 2.64 bits per heavy atom. The van der Waals surface area contributed by atoms with Crippen molar-refractivity contribution >= 4 is 33.2 Å². The number of hydrogen-bond acceptors (Lipinski definition) is 5. The minimum atomic E-state index is -3.62. The number of carbonyl (C=O) groups is 1. The van der Waals surface area contributed by atoms with Crippen molar-refractivity contribution in [2.45, 2.75) is 17.7 Å². The highest BCUT2D eigenvalue weighted by Crippen LogP contribution is 2.28. The van der Waals surface area contributed by atoms with Crippen molar-refractivity contribution in [1.29, 1.82) is 5.26 Å². The molecule has 28 heavy (non-hydrogen) atoms. The average Bonchev–Trinajstić information content (AvgIpc) is 3.24. The number of amides is 1. The van der Waals surface area contributed by atoms with E-state index in [0.29, 0.717) is 18.7 Å². The summed E-state index contributed by atoms with van der Waals surface area (Å²) in [6.45, 7) is 0.621. The summed E-state index contributed by atoms with van der Waals surface area (Å²) in [5, 5.41) is 11.8. The van der Waals surface area contributed by atoms with Crippen LogP contribution in [0.4, 0.5) is 5.69 Å². The summed E-state index contributed by atoms with van der Waals surface area (Å²) >= 11 is 6.11. The number of halogens is 1. The molecule has 1 saturated heterocycles. The zero-order valence-electron chi connectivity index (χ0n) is 14.9. The highest BCUT2D eigenvalue weighted by molar-refractivity contribution is 7.89. The molecule has 146 valence electrons. The summed E-state index contributed by atoms with van der Waals surface area (Å²) in [5.74, 6) is -0.234. The van der Waals surface area contributed by atoms with Gasteiger partial charge in [-0.15, -0.1) is 0 Å². The smallest absolute Gasteiger partial charge is 0.262 e. The molecule has 1 heterocycles. The minimum Gasteiger partial charge on any atom is -0.482 e. The van der Waals surface area contributed by atoms with Gasteiger partial charge in [-0.3, -0.25) is 4.79 Å². The van der Waals surface area contributed by atoms with Gasteiger partial charge >= 0.3 is 0 Å². The van der Waals surface area contributed by atoms with Crippen molar-refractivity contribution < 1.29 is 17.9 Å². The standard InChI is InChI=1S/C19H18ClN3O4S/c20-16-8-7-15(28(25,26)23-9-3-4-10-23)11-17(16)22-19(24)13-27-18-6-2-1-5-14(18)12-21/h1-2,5-8,11H,3-4,9-10,13H2,(H,22,24). The molecule has 0 bridgehead atoms. The van der Waals surface area contributed by atoms with E-state index in [0.717, 1.165) is 12.8 Å². The van der Waals surface area contributed by atoms with Crippen LogP contribution in [0.2, 0.25) is 5.02 Å². The van der Waals surface area contributed by atoms with E-state index in [1.807, 2.05) is 6.07 Å². The predicted molar refractivity (Wildman–Crippen MR) is 105 cm³/mol. The van der Waals surface area contributed by atoms with Crippen molar-refractivity contribution in [2.24, 2.45) is 0 Å². The number of carbonyl (C=O) groups excluding carboxylic acids is 1. The highest BCUT2D eigenvalue weighted by atomic mass is 35.5. The van der Waals surface area contributed by atoms with E-state index < -0.39 is 15.9 Å². The van der Waals surface area contributed by atoms with Crippen LogP contribution in [-0.4, -0.2) is 38.3 Å². The first-order chi connectivity index (χ1) is 13.4. The molecule has 0 radical (unpaired) electrons. The summed E-state index contributed by atoms with van der Waals surface area (Å²) < 4.78 is 32.2. The van der Waals surface area contributed by atoms with Gasteiger partial charge in [0.05, 0.1) is 21.2 Å². The summed E-state index contributed by atoms with van der Waals surface area (Å²) in [7, 11) is -3.62. The van der Waals surface area contributed by atoms with Crippen LogP contribution in [0, 0.1) is 11.3 Å². The van der Waals surface area contributed by atoms with Crippen molar-refractivity contribution in [2.75, 3.05) is 25.0 Å². The lowest BCUT2D eigenvalue weighted by molar-refractivity contribution is -0.118. The summed E-state index contributed by atoms with van der Waals surface area (Å²) in [5.41, 5.74) is 0.496. The number of hydrogen-bond donors (Lipinski definition) is 1. The third-order valence-corrected chi connectivity index (χ3v) is 6.51. The van der Waals surface area contributed by atoms with Gasteiger partial charge in [-0.25, -0.2) is 8.42 Å². The zero-order chi connectivity index (χ0) is 20.1. The third kappa shape index (κ3) is 4.44. The van der Waals surface area contributed by atoms with Gasteiger partial charge in [0.15, 0.2) is 6.61 Å². The first-order valence-corrected chi connectivity index (χ1v) is 10.4. The summed E-state index contributed by atoms with van der Waals surface area (Å²) in [4.78, 5) is 12.3. The molecular formula is C19H18ClN3O4S. The van der Waals surface area contributed by atoms with Gasteiger partial charge in [-0.05, 0) is 43.2 Å². The fraction of sp³-hybridized carbons (Fsp3) is 0.263. The molecule has 1 fully saturated rings. The second-order valence-electron chi connectivity index (χ2n) is 6.20. The van der Waals surface area contributed by atoms with E-state index in [1.165, 1.54) is 22.5 Å². The lowest BCUT2D eigenvalue weighted by Gasteiger charge is -2.17. The summed E-state index contributed by atoms with van der Waals surface area (Å²) in [6.07, 6.45) is 1.66. The summed E-state index contributed by atoms with van der Waals surface area (Å²) in [6, 6.07) is 12.7. The van der Waals surface area contributed by atoms with Gasteiger partial charge in [0.25, 0.3) is 5.91 Å². The van der Waals surface area contributed by atoms with E-state index in [1.54, 1.807) is 24.3 Å². The van der Waals surface area contributed by atoms with Crippen LogP contribution in [0.3, 0.4) is 0 Å². The molecule has 0 spiro atoms. The van der Waals surface area contributed by atoms with E-state index >= 15 is 0 Å². The number of anilines is 1. The number of sulfonamides is 1. The Labute approximate surface area is 168 Å². The molecule has 9 heteroatoms. The third-order valence-electron chi connectivity index (χ3n) is 4.28. The first kappa shape index (κ1) is 20.1. The fourth-order valence-corrected chi connectivity index (χ4v) is 4.56. The van der Waals surface area contributed by atoms with Crippen LogP contribution < -0.4 is 10.1 Å². The number of nitrogens with one attached hydrogen (secondary N) is 1. The molecule has 1 N–H and O–H groups in total. The minimum absolute atomic E-state index is 0.0739. The van der Waals surface area contributed by atoms with Gasteiger partial charge in [0.2, 0.25) is 10.0 Å². The Bertz CT molecular complexity index is 1030. The molecule has 0 aliphatic carbocycles. The Morgan fingerprint density at radius 1 is 1.21 bits per heavy atom. The SMILES string of the molecule is N#Cc1ccccc1OCC(=O)Nc1cc(S(=O)(=O)N2CCCC2)ccc1Cl. The second kappa shape index (κ2) is 8.61. The maximum absolute atomic E-state index is 12.7. The number of ether oxygens (including phenoxy) is 1. The normalized spacial score (nSPS) is 14.4. The topological polar surface area (TPSA) is 99.5 Å². The van der Waals surface area contributed by atoms with Crippen LogP contribution >= 0.6 is 11.6 Å². The monoisotopic (exact) mass is 419 g/mol. The Kier molecular flexibility index (Phi) is 6.19. The van der Waals surface area contributed by atoms with E-state index in [4.69, 9.17) is 21.6 Å². The average molecular weight is 420 g/mol. The number of benzene rings is 2. The number of rotatable bonds is 6. The fourth-order valence-electron chi connectivity index (χ4n) is 2.85. The molecule has 0 aromatic heterocycles. The van der Waals surface area contributed by atoms with Gasteiger partial charge in [-0.1, -0.05) is 23.7 Å². The molecule has 2 aromatic carbocycles. The molecule has 7 nitrogen and oxygen atoms in total. The largest absolute Gasteiger partial charge is 0.482 e. The molecule has 0 atom stereocenters. The van der Waals surface area contributed by atoms with Crippen molar-refractivity contribution in [1.82, 2.24) is 4.31 Å². The Balaban J connectivity index is 1.71. The van der Waals surface area contributed by atoms with Crippen LogP contribution in [0.1, 0.15) is 18.4 Å². The Morgan fingerprint density at radius 2 is 1.93 bits per heavy atom. The molecular weight excluding hydrogens is 402 g/mol. The van der Waals surface area contributed by atoms with E-state index in [9.17, 15) is 13.2 Å². The van der Waals surface area contributed by atoms with Gasteiger partial charge in [-0.2, -0.15) is 9.57 Å². The van der Waals surface area contributed by atoms with Gasteiger partial charge in [0.1, 0.15) is 11.8 Å². The number of nitriles is 1. The van der Waals surface area contributed by atoms with Crippen LogP contribution in [-0.2, 0) is 14.8 Å². The molecule has 2 aromatic rings. The lowest BCUT2D eigenvalue weighted by atomic mass is 10.2. The number of para-hydroxylation sites is 1. The first-order valence-electron chi connectivity index (χ1n) is 8.63. The molecule has 3 rings (SSSR count). The maximum atomic E-state index is 12.7. The molecule has 0 saturated carbocycles. The van der Waals surface area contributed by atoms with E-state index in [2.05, 4.69) is 5.32 Å². The quantitative estimate of drug-likeness (QED) is 0.775. The van der Waals surface area contributed by atoms with Gasteiger partial charge in [0, 0.05) is 13.1 Å². The molecule has 1 aliphatic heterocycles. The van der Waals surface area contributed by atoms with Crippen molar-refractivity contribution in [3.8, 4) is 11.8 Å². The number of nitrogens with zero attached hydrogens (tertiary/aromatic N) is 2.